The van der Waals surface area contributed by atoms with Crippen molar-refractivity contribution in [3.8, 4) is 0 Å². The number of piperidine rings is 1. The summed E-state index contributed by atoms with van der Waals surface area (Å²) in [5, 5.41) is 8.46. The molecular weight excluding hydrogens is 490 g/mol. The Hall–Kier alpha value is -3.35. The van der Waals surface area contributed by atoms with Crippen LogP contribution < -0.4 is 20.9 Å². The topological polar surface area (TPSA) is 127 Å². The maximum Gasteiger partial charge on any atom is 0.261 e. The van der Waals surface area contributed by atoms with Gasteiger partial charge in [0.15, 0.2) is 16.4 Å². The average molecular weight is 520 g/mol. The Morgan fingerprint density at radius 3 is 2.65 bits per heavy atom. The van der Waals surface area contributed by atoms with Crippen LogP contribution in [0.15, 0.2) is 24.5 Å². The van der Waals surface area contributed by atoms with E-state index in [-0.39, 0.29) is 11.9 Å². The fraction of sp³-hybridized carbons (Fsp3) is 0.480. The minimum absolute atomic E-state index is 0.235. The van der Waals surface area contributed by atoms with Crippen LogP contribution in [0.2, 0.25) is 0 Å². The quantitative estimate of drug-likeness (QED) is 0.409. The number of hydrogen-bond acceptors (Lipinski definition) is 10. The van der Waals surface area contributed by atoms with E-state index in [2.05, 4.69) is 20.2 Å². The van der Waals surface area contributed by atoms with Gasteiger partial charge in [0.2, 0.25) is 0 Å². The molecule has 7 rings (SSSR count). The van der Waals surface area contributed by atoms with Crippen molar-refractivity contribution < 1.29 is 9.53 Å². The number of aromatic nitrogens is 5. The molecule has 192 valence electrons. The third kappa shape index (κ3) is 4.38. The van der Waals surface area contributed by atoms with Crippen LogP contribution in [-0.2, 0) is 4.74 Å². The summed E-state index contributed by atoms with van der Waals surface area (Å²) in [5.41, 5.74) is 9.45. The van der Waals surface area contributed by atoms with E-state index in [9.17, 15) is 4.79 Å². The number of fused-ring (bicyclic) bond motifs is 2. The minimum Gasteiger partial charge on any atom is -0.378 e. The number of anilines is 3. The van der Waals surface area contributed by atoms with Crippen LogP contribution in [0.5, 0.6) is 0 Å². The number of nitrogens with two attached hydrogens (primary N) is 1. The minimum atomic E-state index is -0.235. The van der Waals surface area contributed by atoms with Crippen molar-refractivity contribution in [1.82, 2.24) is 24.6 Å². The van der Waals surface area contributed by atoms with Gasteiger partial charge in [-0.2, -0.15) is 10.1 Å². The van der Waals surface area contributed by atoms with E-state index < -0.39 is 0 Å². The van der Waals surface area contributed by atoms with Gasteiger partial charge in [0.05, 0.1) is 35.5 Å². The Morgan fingerprint density at radius 2 is 1.86 bits per heavy atom. The second-order valence-electron chi connectivity index (χ2n) is 10.0. The van der Waals surface area contributed by atoms with Gasteiger partial charge in [-0.15, -0.1) is 0 Å². The van der Waals surface area contributed by atoms with Gasteiger partial charge < -0.3 is 25.6 Å². The first kappa shape index (κ1) is 22.8. The molecule has 1 saturated carbocycles. The van der Waals surface area contributed by atoms with Gasteiger partial charge in [-0.25, -0.2) is 14.5 Å². The molecule has 1 amide bonds. The molecule has 0 unspecified atom stereocenters. The summed E-state index contributed by atoms with van der Waals surface area (Å²) in [6, 6.07) is 4.21. The summed E-state index contributed by atoms with van der Waals surface area (Å²) in [7, 11) is 0. The standard InChI is InChI=1S/C25H29N9O2S/c26-16-3-6-32(7-4-16)20-5-8-34-23(29-20)17(14-27-34)24(35)28-18-13-19-22(30-21(18)15-1-2-15)31-25(37-19)33-9-11-36-12-10-33/h5,8,13-16H,1-4,6-7,9-12,26H2,(H,28,35). The van der Waals surface area contributed by atoms with Gasteiger partial charge >= 0.3 is 0 Å². The lowest BCUT2D eigenvalue weighted by Crippen LogP contribution is -2.40. The van der Waals surface area contributed by atoms with Crippen molar-refractivity contribution in [3.05, 3.63) is 35.8 Å². The van der Waals surface area contributed by atoms with E-state index in [0.717, 1.165) is 84.5 Å². The summed E-state index contributed by atoms with van der Waals surface area (Å²) in [6.07, 6.45) is 7.45. The molecule has 2 aliphatic heterocycles. The maximum atomic E-state index is 13.5. The zero-order valence-electron chi connectivity index (χ0n) is 20.5. The van der Waals surface area contributed by atoms with Crippen LogP contribution in [0, 0.1) is 0 Å². The van der Waals surface area contributed by atoms with Gasteiger partial charge in [0.1, 0.15) is 11.4 Å². The molecule has 4 aromatic rings. The molecule has 3 N–H and O–H groups in total. The molecular formula is C25H29N9O2S. The zero-order chi connectivity index (χ0) is 24.9. The molecule has 1 aliphatic carbocycles. The van der Waals surface area contributed by atoms with E-state index in [4.69, 9.17) is 25.4 Å². The SMILES string of the molecule is NC1CCN(c2ccn3ncc(C(=O)Nc4cc5sc(N6CCOCC6)nc5nc4C4CC4)c3n2)CC1. The van der Waals surface area contributed by atoms with Gasteiger partial charge in [0, 0.05) is 44.3 Å². The Bertz CT molecular complexity index is 1470. The molecule has 0 radical (unpaired) electrons. The average Bonchev–Trinajstić information content (AvgIpc) is 3.54. The van der Waals surface area contributed by atoms with Crippen LogP contribution >= 0.6 is 11.3 Å². The number of hydrogen-bond donors (Lipinski definition) is 2. The summed E-state index contributed by atoms with van der Waals surface area (Å²) < 4.78 is 8.09. The molecule has 4 aromatic heterocycles. The normalized spacial score (nSPS) is 19.2. The molecule has 2 saturated heterocycles. The summed E-state index contributed by atoms with van der Waals surface area (Å²) in [6.45, 7) is 4.78. The number of nitrogens with zero attached hydrogens (tertiary/aromatic N) is 7. The Labute approximate surface area is 217 Å². The van der Waals surface area contributed by atoms with Crippen LogP contribution in [0.4, 0.5) is 16.6 Å². The number of thiazole rings is 1. The number of carbonyl (C=O) groups is 1. The smallest absolute Gasteiger partial charge is 0.261 e. The predicted octanol–water partition coefficient (Wildman–Crippen LogP) is 2.63. The van der Waals surface area contributed by atoms with Crippen molar-refractivity contribution >= 4 is 49.9 Å². The van der Waals surface area contributed by atoms with E-state index in [0.29, 0.717) is 30.3 Å². The number of pyridine rings is 1. The molecule has 3 aliphatic rings. The fourth-order valence-electron chi connectivity index (χ4n) is 5.04. The highest BCUT2D eigenvalue weighted by Crippen LogP contribution is 2.44. The first-order valence-electron chi connectivity index (χ1n) is 12.9. The molecule has 0 aromatic carbocycles. The number of rotatable bonds is 5. The first-order chi connectivity index (χ1) is 18.1. The van der Waals surface area contributed by atoms with Crippen LogP contribution in [-0.4, -0.2) is 75.9 Å². The van der Waals surface area contributed by atoms with Gasteiger partial charge in [-0.3, -0.25) is 4.79 Å². The van der Waals surface area contributed by atoms with Gasteiger partial charge in [-0.05, 0) is 37.8 Å². The van der Waals surface area contributed by atoms with Crippen LogP contribution in [0.3, 0.4) is 0 Å². The van der Waals surface area contributed by atoms with E-state index in [1.165, 1.54) is 0 Å². The molecule has 11 nitrogen and oxygen atoms in total. The fourth-order valence-corrected chi connectivity index (χ4v) is 6.04. The number of morpholine rings is 1. The third-order valence-electron chi connectivity index (χ3n) is 7.36. The predicted molar refractivity (Wildman–Crippen MR) is 143 cm³/mol. The second kappa shape index (κ2) is 9.19. The van der Waals surface area contributed by atoms with Gasteiger partial charge in [0.25, 0.3) is 5.91 Å². The van der Waals surface area contributed by atoms with Gasteiger partial charge in [-0.1, -0.05) is 11.3 Å². The van der Waals surface area contributed by atoms with E-state index in [1.807, 2.05) is 18.3 Å². The second-order valence-corrected chi connectivity index (χ2v) is 11.0. The Kier molecular flexibility index (Phi) is 5.67. The largest absolute Gasteiger partial charge is 0.378 e. The summed E-state index contributed by atoms with van der Waals surface area (Å²) in [4.78, 5) is 32.5. The highest BCUT2D eigenvalue weighted by molar-refractivity contribution is 7.22. The van der Waals surface area contributed by atoms with E-state index >= 15 is 0 Å². The number of amides is 1. The zero-order valence-corrected chi connectivity index (χ0v) is 21.3. The maximum absolute atomic E-state index is 13.5. The van der Waals surface area contributed by atoms with Crippen molar-refractivity contribution in [2.75, 3.05) is 54.5 Å². The van der Waals surface area contributed by atoms with Crippen molar-refractivity contribution in [2.45, 2.75) is 37.6 Å². The number of ether oxygens (including phenoxy) is 1. The summed E-state index contributed by atoms with van der Waals surface area (Å²) in [5.74, 6) is 0.963. The van der Waals surface area contributed by atoms with Crippen molar-refractivity contribution in [2.24, 2.45) is 5.73 Å². The van der Waals surface area contributed by atoms with Crippen LogP contribution in [0.25, 0.3) is 16.0 Å². The molecule has 0 atom stereocenters. The number of nitrogens with one attached hydrogen (secondary N) is 1. The Balaban J connectivity index is 1.18. The number of carbonyl (C=O) groups excluding carboxylic acids is 1. The molecule has 0 spiro atoms. The molecule has 6 heterocycles. The lowest BCUT2D eigenvalue weighted by molar-refractivity contribution is 0.102. The van der Waals surface area contributed by atoms with Crippen molar-refractivity contribution in [1.29, 1.82) is 0 Å². The third-order valence-corrected chi connectivity index (χ3v) is 8.41. The van der Waals surface area contributed by atoms with Crippen LogP contribution in [0.1, 0.15) is 47.7 Å². The lowest BCUT2D eigenvalue weighted by atomic mass is 10.1. The molecule has 0 bridgehead atoms. The van der Waals surface area contributed by atoms with E-state index in [1.54, 1.807) is 22.0 Å². The summed E-state index contributed by atoms with van der Waals surface area (Å²) >= 11 is 1.61. The molecule has 3 fully saturated rings. The Morgan fingerprint density at radius 1 is 1.05 bits per heavy atom. The highest BCUT2D eigenvalue weighted by Gasteiger charge is 2.30. The first-order valence-corrected chi connectivity index (χ1v) is 13.7. The lowest BCUT2D eigenvalue weighted by Gasteiger charge is -2.31. The monoisotopic (exact) mass is 519 g/mol. The highest BCUT2D eigenvalue weighted by atomic mass is 32.1. The molecule has 12 heteroatoms. The molecule has 37 heavy (non-hydrogen) atoms. The van der Waals surface area contributed by atoms with Crippen molar-refractivity contribution in [3.63, 3.8) is 0 Å².